The highest BCUT2D eigenvalue weighted by atomic mass is 16.2. The molecule has 0 aliphatic heterocycles. The van der Waals surface area contributed by atoms with E-state index in [4.69, 9.17) is 0 Å². The quantitative estimate of drug-likeness (QED) is 0.480. The number of pyridine rings is 1. The summed E-state index contributed by atoms with van der Waals surface area (Å²) in [5.41, 5.74) is 3.95. The van der Waals surface area contributed by atoms with Gasteiger partial charge >= 0.3 is 0 Å². The SMILES string of the molecule is Cc1ccc2c(c1)c(=O)ccn2CC(=O)N(Cc1ccccc1)Cc1ccccc1. The van der Waals surface area contributed by atoms with Crippen molar-refractivity contribution in [3.63, 3.8) is 0 Å². The van der Waals surface area contributed by atoms with Crippen LogP contribution in [0.4, 0.5) is 0 Å². The molecule has 1 amide bonds. The van der Waals surface area contributed by atoms with E-state index in [9.17, 15) is 9.59 Å². The minimum atomic E-state index is -0.0252. The number of hydrogen-bond acceptors (Lipinski definition) is 2. The van der Waals surface area contributed by atoms with E-state index >= 15 is 0 Å². The molecule has 0 fully saturated rings. The smallest absolute Gasteiger partial charge is 0.243 e. The number of aromatic nitrogens is 1. The number of fused-ring (bicyclic) bond motifs is 1. The third kappa shape index (κ3) is 4.49. The maximum Gasteiger partial charge on any atom is 0.243 e. The molecule has 0 aliphatic rings. The van der Waals surface area contributed by atoms with Gasteiger partial charge in [-0.1, -0.05) is 72.3 Å². The van der Waals surface area contributed by atoms with Crippen molar-refractivity contribution in [1.82, 2.24) is 9.47 Å². The molecule has 3 aromatic carbocycles. The molecule has 30 heavy (non-hydrogen) atoms. The first-order valence-electron chi connectivity index (χ1n) is 10.1. The zero-order valence-corrected chi connectivity index (χ0v) is 17.0. The lowest BCUT2D eigenvalue weighted by molar-refractivity contribution is -0.133. The molecule has 0 unspecified atom stereocenters. The number of hydrogen-bond donors (Lipinski definition) is 0. The van der Waals surface area contributed by atoms with Crippen LogP contribution in [0.3, 0.4) is 0 Å². The molecule has 0 bridgehead atoms. The predicted molar refractivity (Wildman–Crippen MR) is 120 cm³/mol. The molecule has 0 atom stereocenters. The van der Waals surface area contributed by atoms with Crippen molar-refractivity contribution < 1.29 is 4.79 Å². The maximum atomic E-state index is 13.3. The monoisotopic (exact) mass is 396 g/mol. The Bertz CT molecular complexity index is 1170. The summed E-state index contributed by atoms with van der Waals surface area (Å²) in [6, 6.07) is 27.3. The Morgan fingerprint density at radius 1 is 0.833 bits per heavy atom. The first-order valence-corrected chi connectivity index (χ1v) is 10.1. The summed E-state index contributed by atoms with van der Waals surface area (Å²) >= 11 is 0. The van der Waals surface area contributed by atoms with Crippen LogP contribution in [0.5, 0.6) is 0 Å². The molecule has 1 aromatic heterocycles. The number of carbonyl (C=O) groups is 1. The summed E-state index contributed by atoms with van der Waals surface area (Å²) in [5, 5.41) is 0.642. The second-order valence-electron chi connectivity index (χ2n) is 7.55. The lowest BCUT2D eigenvalue weighted by Gasteiger charge is -2.24. The second kappa shape index (κ2) is 8.78. The normalized spacial score (nSPS) is 10.8. The number of rotatable bonds is 6. The van der Waals surface area contributed by atoms with Crippen molar-refractivity contribution in [2.45, 2.75) is 26.6 Å². The maximum absolute atomic E-state index is 13.3. The molecular formula is C26H24N2O2. The van der Waals surface area contributed by atoms with E-state index in [0.29, 0.717) is 18.5 Å². The highest BCUT2D eigenvalue weighted by Crippen LogP contribution is 2.15. The van der Waals surface area contributed by atoms with Gasteiger partial charge in [-0.15, -0.1) is 0 Å². The second-order valence-corrected chi connectivity index (χ2v) is 7.55. The minimum absolute atomic E-state index is 0.00762. The molecule has 4 heteroatoms. The van der Waals surface area contributed by atoms with Crippen LogP contribution in [0, 0.1) is 6.92 Å². The zero-order chi connectivity index (χ0) is 20.9. The molecule has 4 nitrogen and oxygen atoms in total. The van der Waals surface area contributed by atoms with Gasteiger partial charge in [-0.25, -0.2) is 0 Å². The van der Waals surface area contributed by atoms with Crippen LogP contribution < -0.4 is 5.43 Å². The average molecular weight is 396 g/mol. The van der Waals surface area contributed by atoms with E-state index in [1.54, 1.807) is 6.20 Å². The molecule has 0 N–H and O–H groups in total. The Hall–Kier alpha value is -3.66. The lowest BCUT2D eigenvalue weighted by atomic mass is 10.1. The van der Waals surface area contributed by atoms with Crippen LogP contribution in [-0.4, -0.2) is 15.4 Å². The Morgan fingerprint density at radius 3 is 2.03 bits per heavy atom. The third-order valence-corrected chi connectivity index (χ3v) is 5.22. The van der Waals surface area contributed by atoms with Crippen LogP contribution in [0.2, 0.25) is 0 Å². The van der Waals surface area contributed by atoms with Gasteiger partial charge in [-0.3, -0.25) is 9.59 Å². The van der Waals surface area contributed by atoms with Gasteiger partial charge in [0.05, 0.1) is 5.52 Å². The lowest BCUT2D eigenvalue weighted by Crippen LogP contribution is -2.33. The fraction of sp³-hybridized carbons (Fsp3) is 0.154. The number of benzene rings is 3. The first kappa shape index (κ1) is 19.6. The molecule has 4 rings (SSSR count). The van der Waals surface area contributed by atoms with Gasteiger partial charge in [0.15, 0.2) is 5.43 Å². The van der Waals surface area contributed by atoms with Crippen LogP contribution in [0.15, 0.2) is 95.9 Å². The molecule has 4 aromatic rings. The van der Waals surface area contributed by atoms with Crippen molar-refractivity contribution in [3.8, 4) is 0 Å². The molecule has 0 saturated heterocycles. The van der Waals surface area contributed by atoms with Gasteiger partial charge < -0.3 is 9.47 Å². The predicted octanol–water partition coefficient (Wildman–Crippen LogP) is 4.54. The van der Waals surface area contributed by atoms with Gasteiger partial charge in [0, 0.05) is 30.7 Å². The van der Waals surface area contributed by atoms with E-state index in [1.807, 2.05) is 95.3 Å². The topological polar surface area (TPSA) is 42.3 Å². The van der Waals surface area contributed by atoms with Gasteiger partial charge in [-0.05, 0) is 30.2 Å². The summed E-state index contributed by atoms with van der Waals surface area (Å²) in [6.45, 7) is 3.21. The Kier molecular flexibility index (Phi) is 5.75. The van der Waals surface area contributed by atoms with Gasteiger partial charge in [0.2, 0.25) is 5.91 Å². The van der Waals surface area contributed by atoms with Crippen molar-refractivity contribution >= 4 is 16.8 Å². The van der Waals surface area contributed by atoms with Gasteiger partial charge in [-0.2, -0.15) is 0 Å². The van der Waals surface area contributed by atoms with Crippen LogP contribution in [0.25, 0.3) is 10.9 Å². The minimum Gasteiger partial charge on any atom is -0.338 e. The molecule has 1 heterocycles. The average Bonchev–Trinajstić information content (AvgIpc) is 2.77. The van der Waals surface area contributed by atoms with E-state index in [-0.39, 0.29) is 17.9 Å². The summed E-state index contributed by atoms with van der Waals surface area (Å²) in [6.07, 6.45) is 1.71. The third-order valence-electron chi connectivity index (χ3n) is 5.22. The molecule has 0 saturated carbocycles. The van der Waals surface area contributed by atoms with E-state index in [2.05, 4.69) is 0 Å². The van der Waals surface area contributed by atoms with Crippen molar-refractivity contribution in [3.05, 3.63) is 118 Å². The standard InChI is InChI=1S/C26H24N2O2/c1-20-12-13-24-23(16-20)25(29)14-15-27(24)19-26(30)28(17-21-8-4-2-5-9-21)18-22-10-6-3-7-11-22/h2-16H,17-19H2,1H3. The molecule has 150 valence electrons. The molecule has 0 radical (unpaired) electrons. The number of aryl methyl sites for hydroxylation is 1. The van der Waals surface area contributed by atoms with E-state index in [0.717, 1.165) is 22.2 Å². The zero-order valence-electron chi connectivity index (χ0n) is 17.0. The summed E-state index contributed by atoms with van der Waals surface area (Å²) < 4.78 is 1.86. The van der Waals surface area contributed by atoms with Crippen LogP contribution >= 0.6 is 0 Å². The Balaban J connectivity index is 1.64. The summed E-state index contributed by atoms with van der Waals surface area (Å²) in [5.74, 6) is 0.00762. The fourth-order valence-corrected chi connectivity index (χ4v) is 3.65. The molecule has 0 aliphatic carbocycles. The van der Waals surface area contributed by atoms with Crippen molar-refractivity contribution in [2.24, 2.45) is 0 Å². The van der Waals surface area contributed by atoms with Crippen LogP contribution in [-0.2, 0) is 24.4 Å². The van der Waals surface area contributed by atoms with Crippen LogP contribution in [0.1, 0.15) is 16.7 Å². The van der Waals surface area contributed by atoms with E-state index < -0.39 is 0 Å². The fourth-order valence-electron chi connectivity index (χ4n) is 3.65. The Labute approximate surface area is 176 Å². The number of nitrogens with zero attached hydrogens (tertiary/aromatic N) is 2. The Morgan fingerprint density at radius 2 is 1.43 bits per heavy atom. The van der Waals surface area contributed by atoms with Crippen molar-refractivity contribution in [1.29, 1.82) is 0 Å². The van der Waals surface area contributed by atoms with Crippen molar-refractivity contribution in [2.75, 3.05) is 0 Å². The molecular weight excluding hydrogens is 372 g/mol. The van der Waals surface area contributed by atoms with Gasteiger partial charge in [0.1, 0.15) is 6.54 Å². The highest BCUT2D eigenvalue weighted by molar-refractivity contribution is 5.82. The highest BCUT2D eigenvalue weighted by Gasteiger charge is 2.16. The first-order chi connectivity index (χ1) is 14.6. The number of carbonyl (C=O) groups excluding carboxylic acids is 1. The largest absolute Gasteiger partial charge is 0.338 e. The molecule has 0 spiro atoms. The van der Waals surface area contributed by atoms with E-state index in [1.165, 1.54) is 6.07 Å². The number of amides is 1. The summed E-state index contributed by atoms with van der Waals surface area (Å²) in [7, 11) is 0. The summed E-state index contributed by atoms with van der Waals surface area (Å²) in [4.78, 5) is 27.5. The van der Waals surface area contributed by atoms with Gasteiger partial charge in [0.25, 0.3) is 0 Å².